The van der Waals surface area contributed by atoms with Crippen LogP contribution in [0.1, 0.15) is 68.9 Å². The number of likely N-dealkylation sites (tertiary alicyclic amines) is 2. The Morgan fingerprint density at radius 3 is 2.41 bits per heavy atom. The van der Waals surface area contributed by atoms with E-state index in [1.807, 2.05) is 28.0 Å². The topological polar surface area (TPSA) is 81.8 Å². The lowest BCUT2D eigenvalue weighted by Gasteiger charge is -2.35. The third-order valence-electron chi connectivity index (χ3n) is 7.09. The minimum absolute atomic E-state index is 0.109. The van der Waals surface area contributed by atoms with Crippen molar-refractivity contribution in [2.45, 2.75) is 76.9 Å². The minimum Gasteiger partial charge on any atom is -0.342 e. The Morgan fingerprint density at radius 1 is 0.938 bits per heavy atom. The van der Waals surface area contributed by atoms with Gasteiger partial charge in [-0.15, -0.1) is 0 Å². The molecule has 3 fully saturated rings. The number of rotatable bonds is 6. The molecule has 0 aromatic heterocycles. The van der Waals surface area contributed by atoms with Crippen LogP contribution in [0, 0.1) is 5.92 Å². The fourth-order valence-corrected chi connectivity index (χ4v) is 5.20. The molecule has 3 aliphatic rings. The average Bonchev–Trinajstić information content (AvgIpc) is 3.23. The molecule has 32 heavy (non-hydrogen) atoms. The number of nitrogens with zero attached hydrogens (tertiary/aromatic N) is 2. The molecule has 7 nitrogen and oxygen atoms in total. The molecule has 2 saturated heterocycles. The van der Waals surface area contributed by atoms with Crippen molar-refractivity contribution in [3.63, 3.8) is 0 Å². The van der Waals surface area contributed by atoms with E-state index in [1.54, 1.807) is 0 Å². The molecule has 0 atom stereocenters. The van der Waals surface area contributed by atoms with E-state index in [2.05, 4.69) is 16.7 Å². The largest absolute Gasteiger partial charge is 0.342 e. The molecule has 0 unspecified atom stereocenters. The van der Waals surface area contributed by atoms with Gasteiger partial charge in [-0.3, -0.25) is 9.59 Å². The van der Waals surface area contributed by atoms with Crippen molar-refractivity contribution in [1.82, 2.24) is 20.4 Å². The number of amides is 4. The third-order valence-corrected chi connectivity index (χ3v) is 7.09. The molecule has 1 aromatic carbocycles. The molecule has 1 aliphatic carbocycles. The molecular weight excluding hydrogens is 404 g/mol. The van der Waals surface area contributed by atoms with Crippen LogP contribution in [0.2, 0.25) is 0 Å². The highest BCUT2D eigenvalue weighted by molar-refractivity contribution is 5.79. The predicted octanol–water partition coefficient (Wildman–Crippen LogP) is 3.18. The monoisotopic (exact) mass is 440 g/mol. The maximum absolute atomic E-state index is 12.7. The summed E-state index contributed by atoms with van der Waals surface area (Å²) in [4.78, 5) is 40.8. The molecule has 2 N–H and O–H groups in total. The normalized spacial score (nSPS) is 20.4. The molecule has 4 amide bonds. The molecule has 174 valence electrons. The molecule has 1 saturated carbocycles. The van der Waals surface area contributed by atoms with E-state index in [1.165, 1.54) is 19.3 Å². The van der Waals surface area contributed by atoms with Crippen LogP contribution in [0.3, 0.4) is 0 Å². The summed E-state index contributed by atoms with van der Waals surface area (Å²) in [6.45, 7) is 3.38. The summed E-state index contributed by atoms with van der Waals surface area (Å²) in [5, 5.41) is 6.02. The molecular formula is C25H36N4O3. The SMILES string of the molecule is O=C(NCc1cccc(CN2CCCC2=O)c1)NC1CCN(C(=O)C2CCCCC2)CC1. The maximum atomic E-state index is 12.7. The van der Waals surface area contributed by atoms with Gasteiger partial charge < -0.3 is 20.4 Å². The number of nitrogens with one attached hydrogen (secondary N) is 2. The van der Waals surface area contributed by atoms with Crippen LogP contribution in [0.15, 0.2) is 24.3 Å². The van der Waals surface area contributed by atoms with Gasteiger partial charge in [0.25, 0.3) is 0 Å². The molecule has 4 rings (SSSR count). The zero-order chi connectivity index (χ0) is 22.3. The van der Waals surface area contributed by atoms with Gasteiger partial charge in [-0.25, -0.2) is 4.79 Å². The maximum Gasteiger partial charge on any atom is 0.315 e. The van der Waals surface area contributed by atoms with Gasteiger partial charge >= 0.3 is 6.03 Å². The van der Waals surface area contributed by atoms with Gasteiger partial charge in [0.05, 0.1) is 0 Å². The van der Waals surface area contributed by atoms with E-state index < -0.39 is 0 Å². The second kappa shape index (κ2) is 10.8. The summed E-state index contributed by atoms with van der Waals surface area (Å²) in [5.74, 6) is 0.762. The first-order chi connectivity index (χ1) is 15.6. The lowest BCUT2D eigenvalue weighted by atomic mass is 9.87. The van der Waals surface area contributed by atoms with Crippen LogP contribution in [0.4, 0.5) is 4.79 Å². The third kappa shape index (κ3) is 6.02. The van der Waals surface area contributed by atoms with E-state index in [0.717, 1.165) is 62.9 Å². The first-order valence-corrected chi connectivity index (χ1v) is 12.3. The Bertz CT molecular complexity index is 813. The second-order valence-electron chi connectivity index (χ2n) is 9.50. The van der Waals surface area contributed by atoms with Crippen LogP contribution < -0.4 is 10.6 Å². The standard InChI is InChI=1S/C25H36N4O3/c30-23-10-5-13-29(23)18-20-7-4-6-19(16-20)17-26-25(32)27-22-11-14-28(15-12-22)24(31)21-8-2-1-3-9-21/h4,6-7,16,21-22H,1-3,5,8-15,17-18H2,(H2,26,27,32). The van der Waals surface area contributed by atoms with Gasteiger partial charge in [-0.2, -0.15) is 0 Å². The van der Waals surface area contributed by atoms with Gasteiger partial charge in [0, 0.05) is 51.1 Å². The van der Waals surface area contributed by atoms with E-state index in [0.29, 0.717) is 25.4 Å². The number of piperidine rings is 1. The van der Waals surface area contributed by atoms with Crippen molar-refractivity contribution in [3.8, 4) is 0 Å². The minimum atomic E-state index is -0.165. The zero-order valence-electron chi connectivity index (χ0n) is 19.0. The smallest absolute Gasteiger partial charge is 0.315 e. The zero-order valence-corrected chi connectivity index (χ0v) is 19.0. The Kier molecular flexibility index (Phi) is 7.66. The number of hydrogen-bond acceptors (Lipinski definition) is 3. The van der Waals surface area contributed by atoms with Crippen LogP contribution in [-0.2, 0) is 22.7 Å². The predicted molar refractivity (Wildman–Crippen MR) is 123 cm³/mol. The van der Waals surface area contributed by atoms with Crippen LogP contribution in [-0.4, -0.2) is 53.3 Å². The van der Waals surface area contributed by atoms with Crippen LogP contribution in [0.25, 0.3) is 0 Å². The van der Waals surface area contributed by atoms with Gasteiger partial charge in [0.1, 0.15) is 0 Å². The van der Waals surface area contributed by atoms with Crippen molar-refractivity contribution in [2.24, 2.45) is 5.92 Å². The quantitative estimate of drug-likeness (QED) is 0.713. The fraction of sp³-hybridized carbons (Fsp3) is 0.640. The Hall–Kier alpha value is -2.57. The number of benzene rings is 1. The number of carbonyl (C=O) groups excluding carboxylic acids is 3. The Labute approximate surface area is 190 Å². The van der Waals surface area contributed by atoms with Crippen molar-refractivity contribution in [2.75, 3.05) is 19.6 Å². The van der Waals surface area contributed by atoms with Crippen LogP contribution >= 0.6 is 0 Å². The fourth-order valence-electron chi connectivity index (χ4n) is 5.20. The average molecular weight is 441 g/mol. The van der Waals surface area contributed by atoms with Gasteiger partial charge in [0.2, 0.25) is 11.8 Å². The molecule has 7 heteroatoms. The summed E-state index contributed by atoms with van der Waals surface area (Å²) >= 11 is 0. The Balaban J connectivity index is 1.17. The second-order valence-corrected chi connectivity index (χ2v) is 9.50. The van der Waals surface area contributed by atoms with Crippen LogP contribution in [0.5, 0.6) is 0 Å². The number of carbonyl (C=O) groups is 3. The van der Waals surface area contributed by atoms with Gasteiger partial charge in [-0.1, -0.05) is 43.5 Å². The highest BCUT2D eigenvalue weighted by Gasteiger charge is 2.29. The lowest BCUT2D eigenvalue weighted by Crippen LogP contribution is -2.50. The highest BCUT2D eigenvalue weighted by atomic mass is 16.2. The van der Waals surface area contributed by atoms with Gasteiger partial charge in [0.15, 0.2) is 0 Å². The number of urea groups is 1. The van der Waals surface area contributed by atoms with Crippen molar-refractivity contribution >= 4 is 17.8 Å². The summed E-state index contributed by atoms with van der Waals surface area (Å²) in [5.41, 5.74) is 2.12. The molecule has 2 aliphatic heterocycles. The summed E-state index contributed by atoms with van der Waals surface area (Å²) < 4.78 is 0. The summed E-state index contributed by atoms with van der Waals surface area (Å²) in [6, 6.07) is 7.99. The summed E-state index contributed by atoms with van der Waals surface area (Å²) in [6.07, 6.45) is 8.89. The molecule has 1 aromatic rings. The Morgan fingerprint density at radius 2 is 1.69 bits per heavy atom. The van der Waals surface area contributed by atoms with Gasteiger partial charge in [-0.05, 0) is 43.2 Å². The first kappa shape index (κ1) is 22.6. The van der Waals surface area contributed by atoms with E-state index in [4.69, 9.17) is 0 Å². The lowest BCUT2D eigenvalue weighted by molar-refractivity contribution is -0.137. The van der Waals surface area contributed by atoms with Crippen molar-refractivity contribution < 1.29 is 14.4 Å². The summed E-state index contributed by atoms with van der Waals surface area (Å²) in [7, 11) is 0. The first-order valence-electron chi connectivity index (χ1n) is 12.3. The van der Waals surface area contributed by atoms with E-state index in [9.17, 15) is 14.4 Å². The van der Waals surface area contributed by atoms with E-state index >= 15 is 0 Å². The highest BCUT2D eigenvalue weighted by Crippen LogP contribution is 2.26. The molecule has 0 radical (unpaired) electrons. The van der Waals surface area contributed by atoms with Crippen molar-refractivity contribution in [3.05, 3.63) is 35.4 Å². The molecule has 2 heterocycles. The molecule has 0 bridgehead atoms. The van der Waals surface area contributed by atoms with Crippen molar-refractivity contribution in [1.29, 1.82) is 0 Å². The molecule has 0 spiro atoms. The van der Waals surface area contributed by atoms with E-state index in [-0.39, 0.29) is 23.9 Å². The number of hydrogen-bond donors (Lipinski definition) is 2.